The second-order valence-corrected chi connectivity index (χ2v) is 8.97. The third-order valence-corrected chi connectivity index (χ3v) is 7.50. The average molecular weight is 313 g/mol. The van der Waals surface area contributed by atoms with Crippen LogP contribution < -0.4 is 0 Å². The zero-order valence-corrected chi connectivity index (χ0v) is 14.0. The fraction of sp³-hybridized carbons (Fsp3) is 0.600. The first-order valence-corrected chi connectivity index (χ1v) is 9.73. The van der Waals surface area contributed by atoms with E-state index in [1.165, 1.54) is 0 Å². The van der Waals surface area contributed by atoms with Crippen molar-refractivity contribution >= 4 is 21.8 Å². The molecular weight excluding hydrogens is 290 g/mol. The molecule has 1 aromatic carbocycles. The number of rotatable bonds is 4. The summed E-state index contributed by atoms with van der Waals surface area (Å²) >= 11 is 1.86. The summed E-state index contributed by atoms with van der Waals surface area (Å²) in [5.41, 5.74) is 1.09. The molecule has 1 saturated heterocycles. The lowest BCUT2D eigenvalue weighted by atomic mass is 10.0. The molecule has 0 spiro atoms. The van der Waals surface area contributed by atoms with Crippen LogP contribution in [0.25, 0.3) is 0 Å². The van der Waals surface area contributed by atoms with E-state index in [2.05, 4.69) is 6.92 Å². The van der Waals surface area contributed by atoms with Crippen LogP contribution in [-0.2, 0) is 10.0 Å². The molecule has 0 aromatic heterocycles. The van der Waals surface area contributed by atoms with E-state index >= 15 is 0 Å². The summed E-state index contributed by atoms with van der Waals surface area (Å²) < 4.78 is 27.0. The van der Waals surface area contributed by atoms with Crippen molar-refractivity contribution in [3.05, 3.63) is 35.9 Å². The summed E-state index contributed by atoms with van der Waals surface area (Å²) in [6.07, 6.45) is 0. The predicted octanol–water partition coefficient (Wildman–Crippen LogP) is 2.95. The fourth-order valence-electron chi connectivity index (χ4n) is 2.59. The maximum atomic E-state index is 12.6. The molecule has 0 unspecified atom stereocenters. The topological polar surface area (TPSA) is 37.4 Å². The van der Waals surface area contributed by atoms with Crippen molar-refractivity contribution in [1.82, 2.24) is 4.31 Å². The minimum Gasteiger partial charge on any atom is -0.212 e. The van der Waals surface area contributed by atoms with Crippen LogP contribution in [0, 0.1) is 0 Å². The lowest BCUT2D eigenvalue weighted by Gasteiger charge is -2.37. The molecule has 112 valence electrons. The Morgan fingerprint density at radius 3 is 2.60 bits per heavy atom. The first-order valence-electron chi connectivity index (χ1n) is 7.08. The van der Waals surface area contributed by atoms with Gasteiger partial charge < -0.3 is 0 Å². The van der Waals surface area contributed by atoms with Crippen molar-refractivity contribution in [3.8, 4) is 0 Å². The maximum Gasteiger partial charge on any atom is 0.214 e. The average Bonchev–Trinajstić information content (AvgIpc) is 2.42. The van der Waals surface area contributed by atoms with Crippen molar-refractivity contribution < 1.29 is 8.42 Å². The zero-order chi connectivity index (χ0) is 14.8. The van der Waals surface area contributed by atoms with E-state index in [0.29, 0.717) is 11.8 Å². The van der Waals surface area contributed by atoms with Gasteiger partial charge in [-0.1, -0.05) is 44.2 Å². The summed E-state index contributed by atoms with van der Waals surface area (Å²) in [5, 5.41) is 0.366. The summed E-state index contributed by atoms with van der Waals surface area (Å²) in [7, 11) is -3.19. The Hall–Kier alpha value is -0.520. The minimum absolute atomic E-state index is 0.0262. The molecule has 0 radical (unpaired) electrons. The van der Waals surface area contributed by atoms with Crippen molar-refractivity contribution in [2.24, 2.45) is 0 Å². The van der Waals surface area contributed by atoms with Gasteiger partial charge >= 0.3 is 0 Å². The summed E-state index contributed by atoms with van der Waals surface area (Å²) in [6, 6.07) is 9.95. The molecule has 1 fully saturated rings. The van der Waals surface area contributed by atoms with Crippen LogP contribution in [0.5, 0.6) is 0 Å². The third-order valence-electron chi connectivity index (χ3n) is 4.01. The highest BCUT2D eigenvalue weighted by atomic mass is 32.2. The normalized spacial score (nSPS) is 26.4. The van der Waals surface area contributed by atoms with Gasteiger partial charge in [0.15, 0.2) is 0 Å². The van der Waals surface area contributed by atoms with Crippen LogP contribution in [-0.4, -0.2) is 42.1 Å². The van der Waals surface area contributed by atoms with E-state index < -0.39 is 10.0 Å². The monoisotopic (exact) mass is 313 g/mol. The molecule has 0 N–H and O–H groups in total. The molecule has 1 aromatic rings. The summed E-state index contributed by atoms with van der Waals surface area (Å²) in [5.74, 6) is 1.11. The van der Waals surface area contributed by atoms with E-state index in [9.17, 15) is 8.42 Å². The van der Waals surface area contributed by atoms with E-state index in [0.717, 1.165) is 11.3 Å². The molecule has 3 atom stereocenters. The SMILES string of the molecule is C[C@H](CS(=O)(=O)N1CCS[C@@H](C)[C@@H]1C)c1ccccc1. The molecule has 1 aliphatic heterocycles. The van der Waals surface area contributed by atoms with Crippen LogP contribution in [0.4, 0.5) is 0 Å². The lowest BCUT2D eigenvalue weighted by molar-refractivity contribution is 0.339. The zero-order valence-electron chi connectivity index (χ0n) is 12.3. The molecule has 1 aliphatic rings. The standard InChI is InChI=1S/C15H23NO2S2/c1-12(15-7-5-4-6-8-15)11-20(17,18)16-9-10-19-14(3)13(16)2/h4-8,12-14H,9-11H2,1-3H3/t12-,13+,14+/m1/s1. The van der Waals surface area contributed by atoms with Crippen molar-refractivity contribution in [2.45, 2.75) is 38.0 Å². The van der Waals surface area contributed by atoms with Gasteiger partial charge in [0.2, 0.25) is 10.0 Å². The number of hydrogen-bond acceptors (Lipinski definition) is 3. The molecule has 20 heavy (non-hydrogen) atoms. The van der Waals surface area contributed by atoms with Crippen LogP contribution in [0.3, 0.4) is 0 Å². The van der Waals surface area contributed by atoms with Gasteiger partial charge in [-0.15, -0.1) is 0 Å². The Bertz CT molecular complexity index is 530. The molecular formula is C15H23NO2S2. The van der Waals surface area contributed by atoms with Gasteiger partial charge in [0.25, 0.3) is 0 Å². The van der Waals surface area contributed by atoms with Gasteiger partial charge in [-0.05, 0) is 18.4 Å². The molecule has 2 rings (SSSR count). The maximum absolute atomic E-state index is 12.6. The molecule has 0 saturated carbocycles. The quantitative estimate of drug-likeness (QED) is 0.857. The van der Waals surface area contributed by atoms with Crippen LogP contribution in [0.2, 0.25) is 0 Å². The van der Waals surface area contributed by atoms with E-state index in [1.807, 2.05) is 55.9 Å². The molecule has 0 aliphatic carbocycles. The Labute approximate surface area is 126 Å². The largest absolute Gasteiger partial charge is 0.214 e. The highest BCUT2D eigenvalue weighted by Gasteiger charge is 2.34. The molecule has 1 heterocycles. The van der Waals surface area contributed by atoms with Gasteiger partial charge in [-0.25, -0.2) is 8.42 Å². The highest BCUT2D eigenvalue weighted by molar-refractivity contribution is 8.00. The van der Waals surface area contributed by atoms with Gasteiger partial charge in [-0.3, -0.25) is 0 Å². The second-order valence-electron chi connectivity index (χ2n) is 5.52. The molecule has 5 heteroatoms. The third kappa shape index (κ3) is 3.57. The Morgan fingerprint density at radius 2 is 1.95 bits per heavy atom. The summed E-state index contributed by atoms with van der Waals surface area (Å²) in [6.45, 7) is 6.75. The van der Waals surface area contributed by atoms with Crippen molar-refractivity contribution in [1.29, 1.82) is 0 Å². The van der Waals surface area contributed by atoms with Crippen LogP contribution >= 0.6 is 11.8 Å². The van der Waals surface area contributed by atoms with Crippen LogP contribution in [0.1, 0.15) is 32.3 Å². The number of nitrogens with zero attached hydrogens (tertiary/aromatic N) is 1. The number of benzene rings is 1. The van der Waals surface area contributed by atoms with Crippen molar-refractivity contribution in [2.75, 3.05) is 18.1 Å². The van der Waals surface area contributed by atoms with E-state index in [4.69, 9.17) is 0 Å². The smallest absolute Gasteiger partial charge is 0.212 e. The minimum atomic E-state index is -3.19. The Morgan fingerprint density at radius 1 is 1.30 bits per heavy atom. The first kappa shape index (κ1) is 15.9. The van der Waals surface area contributed by atoms with Gasteiger partial charge in [0.1, 0.15) is 0 Å². The molecule has 0 bridgehead atoms. The lowest BCUT2D eigenvalue weighted by Crippen LogP contribution is -2.49. The predicted molar refractivity (Wildman–Crippen MR) is 86.7 cm³/mol. The van der Waals surface area contributed by atoms with Crippen LogP contribution in [0.15, 0.2) is 30.3 Å². The van der Waals surface area contributed by atoms with Gasteiger partial charge in [0, 0.05) is 23.6 Å². The number of hydrogen-bond donors (Lipinski definition) is 0. The Balaban J connectivity index is 2.11. The van der Waals surface area contributed by atoms with E-state index in [1.54, 1.807) is 4.31 Å². The van der Waals surface area contributed by atoms with E-state index in [-0.39, 0.29) is 17.7 Å². The second kappa shape index (κ2) is 6.50. The Kier molecular flexibility index (Phi) is 5.15. The van der Waals surface area contributed by atoms with Gasteiger partial charge in [0.05, 0.1) is 5.75 Å². The molecule has 3 nitrogen and oxygen atoms in total. The fourth-order valence-corrected chi connectivity index (χ4v) is 5.95. The number of sulfonamides is 1. The summed E-state index contributed by atoms with van der Waals surface area (Å²) in [4.78, 5) is 0. The molecule has 0 amide bonds. The highest BCUT2D eigenvalue weighted by Crippen LogP contribution is 2.28. The number of thioether (sulfide) groups is 1. The first-order chi connectivity index (χ1) is 9.42. The van der Waals surface area contributed by atoms with Gasteiger partial charge in [-0.2, -0.15) is 16.1 Å². The van der Waals surface area contributed by atoms with Crippen molar-refractivity contribution in [3.63, 3.8) is 0 Å².